The Kier molecular flexibility index (Phi) is 9.88. The van der Waals surface area contributed by atoms with Crippen molar-refractivity contribution in [3.63, 3.8) is 0 Å². The molecule has 1 atom stereocenters. The zero-order valence-electron chi connectivity index (χ0n) is 17.9. The Balaban J connectivity index is 2.45. The van der Waals surface area contributed by atoms with Gasteiger partial charge in [-0.1, -0.05) is 80.4 Å². The molecule has 30 heavy (non-hydrogen) atoms. The molecule has 2 aromatic carbocycles. The second kappa shape index (κ2) is 12.1. The van der Waals surface area contributed by atoms with Gasteiger partial charge in [-0.15, -0.1) is 0 Å². The first-order valence-electron chi connectivity index (χ1n) is 10.4. The Morgan fingerprint density at radius 3 is 2.17 bits per heavy atom. The molecule has 5 nitrogen and oxygen atoms in total. The van der Waals surface area contributed by atoms with Crippen LogP contribution in [0.4, 0.5) is 0 Å². The molecular formula is C23H31NO4S2. The summed E-state index contributed by atoms with van der Waals surface area (Å²) >= 11 is 0. The lowest BCUT2D eigenvalue weighted by Gasteiger charge is -2.21. The van der Waals surface area contributed by atoms with Crippen LogP contribution >= 0.6 is 0 Å². The van der Waals surface area contributed by atoms with Crippen molar-refractivity contribution >= 4 is 27.0 Å². The van der Waals surface area contributed by atoms with Crippen molar-refractivity contribution in [2.45, 2.75) is 51.7 Å². The molecule has 0 aromatic heterocycles. The summed E-state index contributed by atoms with van der Waals surface area (Å²) in [6.45, 7) is 6.09. The van der Waals surface area contributed by atoms with Crippen LogP contribution < -0.4 is 0 Å². The van der Waals surface area contributed by atoms with Crippen LogP contribution in [0.15, 0.2) is 59.8 Å². The smallest absolute Gasteiger partial charge is 0.284 e. The van der Waals surface area contributed by atoms with Crippen LogP contribution in [0.2, 0.25) is 0 Å². The van der Waals surface area contributed by atoms with Gasteiger partial charge in [0.2, 0.25) is 0 Å². The number of rotatable bonds is 12. The minimum absolute atomic E-state index is 0.180. The van der Waals surface area contributed by atoms with Crippen molar-refractivity contribution in [2.75, 3.05) is 11.5 Å². The number of unbranched alkanes of at least 4 members (excludes halogenated alkanes) is 2. The zero-order chi connectivity index (χ0) is 22.0. The third-order valence-corrected chi connectivity index (χ3v) is 7.92. The first-order valence-corrected chi connectivity index (χ1v) is 13.3. The highest BCUT2D eigenvalue weighted by atomic mass is 32.3. The summed E-state index contributed by atoms with van der Waals surface area (Å²) in [7, 11) is -4.69. The first-order chi connectivity index (χ1) is 14.4. The van der Waals surface area contributed by atoms with Gasteiger partial charge in [-0.3, -0.25) is 4.28 Å². The van der Waals surface area contributed by atoms with E-state index in [0.29, 0.717) is 5.71 Å². The van der Waals surface area contributed by atoms with Crippen molar-refractivity contribution in [3.05, 3.63) is 71.3 Å². The van der Waals surface area contributed by atoms with Crippen LogP contribution in [0.1, 0.15) is 68.4 Å². The number of hydrogen-bond donors (Lipinski definition) is 0. The lowest BCUT2D eigenvalue weighted by molar-refractivity contribution is 0.274. The second-order valence-corrected chi connectivity index (χ2v) is 10.6. The molecule has 0 spiro atoms. The number of nitrogens with zero attached hydrogens (tertiary/aromatic N) is 1. The molecule has 0 radical (unpaired) electrons. The molecule has 0 amide bonds. The van der Waals surface area contributed by atoms with Crippen LogP contribution in [-0.2, 0) is 25.6 Å². The van der Waals surface area contributed by atoms with E-state index in [1.54, 1.807) is 6.92 Å². The highest BCUT2D eigenvalue weighted by Crippen LogP contribution is 2.34. The molecule has 0 aliphatic rings. The summed E-state index contributed by atoms with van der Waals surface area (Å²) in [5, 5.41) is 3.77. The molecule has 0 aliphatic heterocycles. The minimum atomic E-state index is -4.87. The van der Waals surface area contributed by atoms with E-state index in [0.717, 1.165) is 5.56 Å². The Morgan fingerprint density at radius 2 is 1.60 bits per heavy atom. The molecule has 0 bridgehead atoms. The second-order valence-electron chi connectivity index (χ2n) is 7.23. The molecule has 2 rings (SSSR count). The maximum atomic E-state index is 10.7. The van der Waals surface area contributed by atoms with Crippen LogP contribution in [-0.4, -0.2) is 30.2 Å². The highest BCUT2D eigenvalue weighted by molar-refractivity contribution is 7.97. The zero-order valence-corrected chi connectivity index (χ0v) is 19.5. The third kappa shape index (κ3) is 7.78. The van der Waals surface area contributed by atoms with E-state index in [1.165, 1.54) is 48.3 Å². The average Bonchev–Trinajstić information content (AvgIpc) is 2.74. The Morgan fingerprint density at radius 1 is 1.00 bits per heavy atom. The SMILES string of the molecule is CCCC[S+](CCCC)C(c1ccccc1)c1cccc(/C(C)=N/OS(=O)(=O)[O-])c1. The van der Waals surface area contributed by atoms with Crippen LogP contribution in [0, 0.1) is 0 Å². The molecule has 2 aromatic rings. The van der Waals surface area contributed by atoms with E-state index >= 15 is 0 Å². The molecule has 164 valence electrons. The lowest BCUT2D eigenvalue weighted by atomic mass is 10.0. The standard InChI is InChI=1S/C23H31NO4S2/c1-4-6-16-29(17-7-5-2)23(20-12-9-8-10-13-20)22-15-11-14-21(18-22)19(3)24-28-30(25,26)27/h8-15,18,23H,4-7,16-17H2,1-3H3/b24-19+. The van der Waals surface area contributed by atoms with Gasteiger partial charge in [-0.25, -0.2) is 0 Å². The van der Waals surface area contributed by atoms with Gasteiger partial charge in [0.25, 0.3) is 10.4 Å². The van der Waals surface area contributed by atoms with Gasteiger partial charge < -0.3 is 4.55 Å². The van der Waals surface area contributed by atoms with Crippen LogP contribution in [0.3, 0.4) is 0 Å². The normalized spacial score (nSPS) is 13.4. The molecule has 0 saturated carbocycles. The van der Waals surface area contributed by atoms with Gasteiger partial charge >= 0.3 is 0 Å². The maximum Gasteiger partial charge on any atom is 0.284 e. The fourth-order valence-corrected chi connectivity index (χ4v) is 6.55. The molecule has 7 heteroatoms. The average molecular weight is 450 g/mol. The van der Waals surface area contributed by atoms with Gasteiger partial charge in [-0.2, -0.15) is 8.42 Å². The van der Waals surface area contributed by atoms with E-state index in [-0.39, 0.29) is 16.1 Å². The Labute approximate surface area is 183 Å². The topological polar surface area (TPSA) is 78.8 Å². The summed E-state index contributed by atoms with van der Waals surface area (Å²) < 4.78 is 36.3. The Hall–Kier alpha value is -1.83. The molecule has 1 unspecified atom stereocenters. The fourth-order valence-electron chi connectivity index (χ4n) is 3.28. The summed E-state index contributed by atoms with van der Waals surface area (Å²) in [6, 6.07) is 18.5. The number of benzene rings is 2. The van der Waals surface area contributed by atoms with Crippen molar-refractivity contribution < 1.29 is 17.3 Å². The van der Waals surface area contributed by atoms with E-state index < -0.39 is 10.4 Å². The van der Waals surface area contributed by atoms with Crippen LogP contribution in [0.25, 0.3) is 0 Å². The van der Waals surface area contributed by atoms with E-state index in [9.17, 15) is 13.0 Å². The minimum Gasteiger partial charge on any atom is -0.714 e. The van der Waals surface area contributed by atoms with Crippen LogP contribution in [0.5, 0.6) is 0 Å². The van der Waals surface area contributed by atoms with E-state index in [1.807, 2.05) is 24.3 Å². The predicted molar refractivity (Wildman–Crippen MR) is 125 cm³/mol. The van der Waals surface area contributed by atoms with Gasteiger partial charge in [0.15, 0.2) is 5.25 Å². The van der Waals surface area contributed by atoms with Gasteiger partial charge in [0, 0.05) is 11.1 Å². The molecular weight excluding hydrogens is 418 g/mol. The molecule has 0 aliphatic carbocycles. The quantitative estimate of drug-likeness (QED) is 0.147. The van der Waals surface area contributed by atoms with Crippen molar-refractivity contribution in [1.82, 2.24) is 0 Å². The van der Waals surface area contributed by atoms with Crippen molar-refractivity contribution in [2.24, 2.45) is 5.16 Å². The van der Waals surface area contributed by atoms with Gasteiger partial charge in [0.1, 0.15) is 11.5 Å². The molecule has 0 N–H and O–H groups in total. The lowest BCUT2D eigenvalue weighted by Crippen LogP contribution is -2.22. The third-order valence-electron chi connectivity index (χ3n) is 4.83. The van der Waals surface area contributed by atoms with Crippen molar-refractivity contribution in [1.29, 1.82) is 0 Å². The molecule has 0 saturated heterocycles. The van der Waals surface area contributed by atoms with Crippen molar-refractivity contribution in [3.8, 4) is 0 Å². The van der Waals surface area contributed by atoms with E-state index in [4.69, 9.17) is 0 Å². The fraction of sp³-hybridized carbons (Fsp3) is 0.435. The summed E-state index contributed by atoms with van der Waals surface area (Å²) in [4.78, 5) is 0. The number of hydrogen-bond acceptors (Lipinski definition) is 5. The maximum absolute atomic E-state index is 10.7. The first kappa shape index (κ1) is 24.4. The highest BCUT2D eigenvalue weighted by Gasteiger charge is 2.32. The van der Waals surface area contributed by atoms with E-state index in [2.05, 4.69) is 53.6 Å². The number of oxime groups is 1. The Bertz CT molecular complexity index is 906. The van der Waals surface area contributed by atoms with Gasteiger partial charge in [-0.05, 0) is 42.3 Å². The monoisotopic (exact) mass is 449 g/mol. The summed E-state index contributed by atoms with van der Waals surface area (Å²) in [5.41, 5.74) is 3.56. The molecule has 0 heterocycles. The molecule has 0 fully saturated rings. The largest absolute Gasteiger partial charge is 0.714 e. The summed E-state index contributed by atoms with van der Waals surface area (Å²) in [5.74, 6) is 2.37. The summed E-state index contributed by atoms with van der Waals surface area (Å²) in [6.07, 6.45) is 4.74. The van der Waals surface area contributed by atoms with Gasteiger partial charge in [0.05, 0.1) is 5.71 Å². The predicted octanol–water partition coefficient (Wildman–Crippen LogP) is 5.20.